The van der Waals surface area contributed by atoms with Crippen molar-refractivity contribution in [3.05, 3.63) is 69.7 Å². The Balaban J connectivity index is 2.03. The van der Waals surface area contributed by atoms with Crippen LogP contribution in [-0.2, 0) is 0 Å². The van der Waals surface area contributed by atoms with Crippen molar-refractivity contribution in [1.29, 1.82) is 0 Å². The van der Waals surface area contributed by atoms with Crippen LogP contribution in [0.1, 0.15) is 27.8 Å². The second kappa shape index (κ2) is 5.88. The zero-order chi connectivity index (χ0) is 18.5. The molecule has 0 unspecified atom stereocenters. The Hall–Kier alpha value is -2.88. The maximum atomic E-state index is 10.5. The predicted octanol–water partition coefficient (Wildman–Crippen LogP) is 4.64. The summed E-state index contributed by atoms with van der Waals surface area (Å²) in [5, 5.41) is 31.4. The summed E-state index contributed by atoms with van der Waals surface area (Å²) in [6, 6.07) is 9.06. The fraction of sp³-hybridized carbons (Fsp3) is 0.238. The van der Waals surface area contributed by atoms with Gasteiger partial charge in [0.1, 0.15) is 17.3 Å². The third-order valence-corrected chi connectivity index (χ3v) is 4.93. The van der Waals surface area contributed by atoms with Crippen LogP contribution < -0.4 is 4.90 Å². The van der Waals surface area contributed by atoms with Crippen LogP contribution in [0.2, 0.25) is 0 Å². The minimum Gasteiger partial charge on any atom is -0.507 e. The molecule has 1 aliphatic carbocycles. The second-order valence-corrected chi connectivity index (χ2v) is 6.78. The number of benzene rings is 2. The first kappa shape index (κ1) is 17.0. The number of aliphatic hydroxyl groups excluding tert-OH is 2. The maximum Gasteiger partial charge on any atom is 0.138 e. The summed E-state index contributed by atoms with van der Waals surface area (Å²) in [6.45, 7) is 6.07. The molecule has 0 aliphatic heterocycles. The maximum absolute atomic E-state index is 10.5. The highest BCUT2D eigenvalue weighted by Crippen LogP contribution is 2.47. The number of aromatic hydroxyl groups is 1. The SMILES string of the molecule is Cc1cc(C2=C(O)C(c3ccc(N(C)C)cc3O)=C2O)cc(C)c1C. The van der Waals surface area contributed by atoms with E-state index in [1.165, 1.54) is 5.56 Å². The van der Waals surface area contributed by atoms with Gasteiger partial charge in [-0.25, -0.2) is 0 Å². The number of allylic oxidation sites excluding steroid dienone is 2. The van der Waals surface area contributed by atoms with Gasteiger partial charge in [0.2, 0.25) is 0 Å². The fourth-order valence-electron chi connectivity index (χ4n) is 3.13. The lowest BCUT2D eigenvalue weighted by molar-refractivity contribution is 0.388. The monoisotopic (exact) mass is 337 g/mol. The third kappa shape index (κ3) is 2.64. The van der Waals surface area contributed by atoms with Crippen LogP contribution in [0.5, 0.6) is 5.75 Å². The van der Waals surface area contributed by atoms with Gasteiger partial charge >= 0.3 is 0 Å². The molecule has 0 saturated heterocycles. The molecule has 4 nitrogen and oxygen atoms in total. The van der Waals surface area contributed by atoms with Crippen LogP contribution >= 0.6 is 0 Å². The number of hydrogen-bond donors (Lipinski definition) is 3. The molecule has 1 aliphatic rings. The first-order chi connectivity index (χ1) is 11.7. The smallest absolute Gasteiger partial charge is 0.138 e. The molecule has 3 rings (SSSR count). The molecule has 2 aromatic rings. The van der Waals surface area contributed by atoms with Gasteiger partial charge in [-0.2, -0.15) is 0 Å². The van der Waals surface area contributed by atoms with E-state index >= 15 is 0 Å². The molecule has 130 valence electrons. The quantitative estimate of drug-likeness (QED) is 0.764. The molecule has 0 amide bonds. The van der Waals surface area contributed by atoms with Crippen molar-refractivity contribution in [1.82, 2.24) is 0 Å². The molecule has 0 bridgehead atoms. The van der Waals surface area contributed by atoms with E-state index in [4.69, 9.17) is 0 Å². The first-order valence-electron chi connectivity index (χ1n) is 8.18. The van der Waals surface area contributed by atoms with Crippen LogP contribution in [0.4, 0.5) is 5.69 Å². The highest BCUT2D eigenvalue weighted by atomic mass is 16.3. The number of rotatable bonds is 3. The summed E-state index contributed by atoms with van der Waals surface area (Å²) in [6.07, 6.45) is 0. The highest BCUT2D eigenvalue weighted by Gasteiger charge is 2.33. The molecular weight excluding hydrogens is 314 g/mol. The zero-order valence-corrected chi connectivity index (χ0v) is 15.2. The average Bonchev–Trinajstić information content (AvgIpc) is 2.54. The number of aryl methyl sites for hydroxylation is 2. The molecule has 2 aromatic carbocycles. The Morgan fingerprint density at radius 1 is 0.760 bits per heavy atom. The molecule has 4 heteroatoms. The summed E-state index contributed by atoms with van der Waals surface area (Å²) < 4.78 is 0. The van der Waals surface area contributed by atoms with Crippen LogP contribution in [0.15, 0.2) is 41.9 Å². The predicted molar refractivity (Wildman–Crippen MR) is 102 cm³/mol. The van der Waals surface area contributed by atoms with Gasteiger partial charge in [0.25, 0.3) is 0 Å². The van der Waals surface area contributed by atoms with E-state index in [-0.39, 0.29) is 22.8 Å². The molecule has 0 fully saturated rings. The van der Waals surface area contributed by atoms with Crippen molar-refractivity contribution in [2.75, 3.05) is 19.0 Å². The van der Waals surface area contributed by atoms with Crippen molar-refractivity contribution >= 4 is 16.8 Å². The van der Waals surface area contributed by atoms with Gasteiger partial charge in [-0.15, -0.1) is 0 Å². The van der Waals surface area contributed by atoms with E-state index in [1.807, 2.05) is 51.0 Å². The highest BCUT2D eigenvalue weighted by molar-refractivity contribution is 6.07. The minimum absolute atomic E-state index is 0.00746. The molecule has 25 heavy (non-hydrogen) atoms. The number of anilines is 1. The molecule has 0 heterocycles. The Morgan fingerprint density at radius 2 is 1.32 bits per heavy atom. The van der Waals surface area contributed by atoms with Crippen molar-refractivity contribution in [3.8, 4) is 5.75 Å². The molecule has 0 spiro atoms. The first-order valence-corrected chi connectivity index (χ1v) is 8.18. The van der Waals surface area contributed by atoms with Gasteiger partial charge in [-0.05, 0) is 55.2 Å². The summed E-state index contributed by atoms with van der Waals surface area (Å²) in [7, 11) is 3.76. The average molecular weight is 337 g/mol. The lowest BCUT2D eigenvalue weighted by Crippen LogP contribution is -2.12. The van der Waals surface area contributed by atoms with Crippen molar-refractivity contribution in [2.45, 2.75) is 20.8 Å². The van der Waals surface area contributed by atoms with Gasteiger partial charge in [0, 0.05) is 31.4 Å². The summed E-state index contributed by atoms with van der Waals surface area (Å²) in [5.41, 5.74) is 6.17. The van der Waals surface area contributed by atoms with Crippen LogP contribution in [0, 0.1) is 20.8 Å². The zero-order valence-electron chi connectivity index (χ0n) is 15.2. The van der Waals surface area contributed by atoms with Gasteiger partial charge < -0.3 is 20.2 Å². The van der Waals surface area contributed by atoms with E-state index in [1.54, 1.807) is 12.1 Å². The van der Waals surface area contributed by atoms with Gasteiger partial charge in [0.05, 0.1) is 11.1 Å². The minimum atomic E-state index is 0.00746. The van der Waals surface area contributed by atoms with Crippen molar-refractivity contribution < 1.29 is 15.3 Å². The van der Waals surface area contributed by atoms with Crippen LogP contribution in [0.25, 0.3) is 11.1 Å². The van der Waals surface area contributed by atoms with E-state index in [0.29, 0.717) is 11.1 Å². The van der Waals surface area contributed by atoms with Gasteiger partial charge in [-0.3, -0.25) is 0 Å². The third-order valence-electron chi connectivity index (χ3n) is 4.93. The van der Waals surface area contributed by atoms with Crippen molar-refractivity contribution in [3.63, 3.8) is 0 Å². The lowest BCUT2D eigenvalue weighted by atomic mass is 9.82. The fourth-order valence-corrected chi connectivity index (χ4v) is 3.13. The van der Waals surface area contributed by atoms with Crippen LogP contribution in [0.3, 0.4) is 0 Å². The Bertz CT molecular complexity index is 913. The number of phenols is 1. The topological polar surface area (TPSA) is 63.9 Å². The van der Waals surface area contributed by atoms with Crippen LogP contribution in [-0.4, -0.2) is 29.4 Å². The molecule has 0 radical (unpaired) electrons. The number of aliphatic hydroxyl groups is 2. The number of phenolic OH excluding ortho intramolecular Hbond substituents is 1. The number of hydrogen-bond acceptors (Lipinski definition) is 4. The van der Waals surface area contributed by atoms with E-state index in [0.717, 1.165) is 22.4 Å². The number of nitrogens with zero attached hydrogens (tertiary/aromatic N) is 1. The van der Waals surface area contributed by atoms with E-state index in [2.05, 4.69) is 6.92 Å². The van der Waals surface area contributed by atoms with Gasteiger partial charge in [0.15, 0.2) is 0 Å². The standard InChI is InChI=1S/C21H23NO3/c1-11-8-14(9-12(2)13(11)3)18-20(24)19(21(18)25)16-7-6-15(22(4)5)10-17(16)23/h6-10,23-25H,1-5H3. The van der Waals surface area contributed by atoms with E-state index in [9.17, 15) is 15.3 Å². The Morgan fingerprint density at radius 3 is 1.80 bits per heavy atom. The Kier molecular flexibility index (Phi) is 3.99. The summed E-state index contributed by atoms with van der Waals surface area (Å²) in [4.78, 5) is 1.87. The largest absolute Gasteiger partial charge is 0.507 e. The van der Waals surface area contributed by atoms with Crippen molar-refractivity contribution in [2.24, 2.45) is 0 Å². The van der Waals surface area contributed by atoms with E-state index < -0.39 is 0 Å². The molecule has 3 N–H and O–H groups in total. The molecule has 0 saturated carbocycles. The second-order valence-electron chi connectivity index (χ2n) is 6.78. The Labute approximate surface area is 148 Å². The molecule has 0 aromatic heterocycles. The molecule has 0 atom stereocenters. The van der Waals surface area contributed by atoms with Gasteiger partial charge in [-0.1, -0.05) is 12.1 Å². The lowest BCUT2D eigenvalue weighted by Gasteiger charge is -2.26. The molecular formula is C21H23NO3. The summed E-state index contributed by atoms with van der Waals surface area (Å²) >= 11 is 0. The summed E-state index contributed by atoms with van der Waals surface area (Å²) in [5.74, 6) is 0.0377. The normalized spacial score (nSPS) is 14.0.